The lowest BCUT2D eigenvalue weighted by molar-refractivity contribution is -0.123. The summed E-state index contributed by atoms with van der Waals surface area (Å²) in [7, 11) is 0. The maximum absolute atomic E-state index is 11.5. The molecule has 80 valence electrons. The van der Waals surface area contributed by atoms with Crippen molar-refractivity contribution in [3.8, 4) is 0 Å². The molecule has 1 unspecified atom stereocenters. The number of carbonyl (C=O) groups is 1. The van der Waals surface area contributed by atoms with Gasteiger partial charge in [0.25, 0.3) is 0 Å². The van der Waals surface area contributed by atoms with E-state index in [2.05, 4.69) is 31.5 Å². The van der Waals surface area contributed by atoms with Gasteiger partial charge >= 0.3 is 0 Å². The fourth-order valence-electron chi connectivity index (χ4n) is 1.57. The van der Waals surface area contributed by atoms with Crippen LogP contribution in [0.25, 0.3) is 0 Å². The van der Waals surface area contributed by atoms with Crippen LogP contribution in [0.4, 0.5) is 5.82 Å². The Morgan fingerprint density at radius 3 is 3.20 bits per heavy atom. The molecule has 1 atom stereocenters. The number of hydrogen-bond acceptors (Lipinski definition) is 3. The molecule has 0 saturated carbocycles. The molecule has 2 rings (SSSR count). The molecule has 0 radical (unpaired) electrons. The maximum Gasteiger partial charge on any atom is 0.242 e. The Morgan fingerprint density at radius 1 is 1.60 bits per heavy atom. The van der Waals surface area contributed by atoms with Gasteiger partial charge in [0.2, 0.25) is 5.91 Å². The Labute approximate surface area is 96.6 Å². The Bertz CT molecular complexity index is 369. The van der Waals surface area contributed by atoms with E-state index in [0.29, 0.717) is 0 Å². The van der Waals surface area contributed by atoms with Gasteiger partial charge < -0.3 is 10.6 Å². The van der Waals surface area contributed by atoms with E-state index in [4.69, 9.17) is 0 Å². The average Bonchev–Trinajstić information content (AvgIpc) is 2.24. The molecule has 0 aliphatic carbocycles. The highest BCUT2D eigenvalue weighted by atomic mass is 79.9. The third-order valence-corrected chi connectivity index (χ3v) is 2.99. The third kappa shape index (κ3) is 2.47. The summed E-state index contributed by atoms with van der Waals surface area (Å²) in [6, 6.07) is 3.58. The quantitative estimate of drug-likeness (QED) is 0.857. The van der Waals surface area contributed by atoms with Gasteiger partial charge in [-0.3, -0.25) is 4.79 Å². The second-order valence-electron chi connectivity index (χ2n) is 3.46. The highest BCUT2D eigenvalue weighted by molar-refractivity contribution is 9.10. The first kappa shape index (κ1) is 10.4. The van der Waals surface area contributed by atoms with Crippen LogP contribution in [0.3, 0.4) is 0 Å². The number of carbonyl (C=O) groups excluding carboxylic acids is 1. The van der Waals surface area contributed by atoms with Crippen molar-refractivity contribution >= 4 is 27.7 Å². The summed E-state index contributed by atoms with van der Waals surface area (Å²) in [6.45, 7) is 0.778. The van der Waals surface area contributed by atoms with E-state index >= 15 is 0 Å². The van der Waals surface area contributed by atoms with Crippen molar-refractivity contribution in [3.05, 3.63) is 22.8 Å². The van der Waals surface area contributed by atoms with Gasteiger partial charge in [0, 0.05) is 12.7 Å². The molecule has 1 aromatic heterocycles. The zero-order valence-electron chi connectivity index (χ0n) is 8.16. The second kappa shape index (κ2) is 4.61. The summed E-state index contributed by atoms with van der Waals surface area (Å²) in [5.74, 6) is 0.776. The van der Waals surface area contributed by atoms with Gasteiger partial charge in [0.05, 0.1) is 4.47 Å². The minimum atomic E-state index is -0.162. The van der Waals surface area contributed by atoms with Crippen molar-refractivity contribution in [1.29, 1.82) is 0 Å². The molecule has 1 aliphatic rings. The van der Waals surface area contributed by atoms with Crippen molar-refractivity contribution in [2.45, 2.75) is 18.9 Å². The minimum absolute atomic E-state index is 0.0544. The molecule has 1 amide bonds. The molecule has 15 heavy (non-hydrogen) atoms. The molecule has 0 spiro atoms. The highest BCUT2D eigenvalue weighted by Crippen LogP contribution is 2.20. The van der Waals surface area contributed by atoms with Crippen LogP contribution in [-0.2, 0) is 4.79 Å². The van der Waals surface area contributed by atoms with E-state index < -0.39 is 0 Å². The van der Waals surface area contributed by atoms with Gasteiger partial charge in [-0.2, -0.15) is 0 Å². The SMILES string of the molecule is O=C1NCCCC1Nc1ncccc1Br. The fraction of sp³-hybridized carbons (Fsp3) is 0.400. The van der Waals surface area contributed by atoms with Gasteiger partial charge in [0.1, 0.15) is 11.9 Å². The molecule has 2 N–H and O–H groups in total. The summed E-state index contributed by atoms with van der Waals surface area (Å²) in [5.41, 5.74) is 0. The average molecular weight is 270 g/mol. The smallest absolute Gasteiger partial charge is 0.242 e. The number of rotatable bonds is 2. The van der Waals surface area contributed by atoms with Gasteiger partial charge in [-0.05, 0) is 40.9 Å². The standard InChI is InChI=1S/C10H12BrN3O/c11-7-3-1-5-12-9(7)14-8-4-2-6-13-10(8)15/h1,3,5,8H,2,4,6H2,(H,12,14)(H,13,15). The zero-order chi connectivity index (χ0) is 10.7. The van der Waals surface area contributed by atoms with Crippen molar-refractivity contribution in [1.82, 2.24) is 10.3 Å². The molecule has 5 heteroatoms. The predicted molar refractivity (Wildman–Crippen MR) is 61.6 cm³/mol. The summed E-state index contributed by atoms with van der Waals surface area (Å²) in [4.78, 5) is 15.7. The van der Waals surface area contributed by atoms with Gasteiger partial charge in [-0.1, -0.05) is 0 Å². The first-order valence-corrected chi connectivity index (χ1v) is 5.71. The number of halogens is 1. The fourth-order valence-corrected chi connectivity index (χ4v) is 1.94. The third-order valence-electron chi connectivity index (χ3n) is 2.35. The lowest BCUT2D eigenvalue weighted by Gasteiger charge is -2.23. The number of nitrogens with one attached hydrogen (secondary N) is 2. The van der Waals surface area contributed by atoms with E-state index in [-0.39, 0.29) is 11.9 Å². The van der Waals surface area contributed by atoms with Crippen LogP contribution in [0.2, 0.25) is 0 Å². The minimum Gasteiger partial charge on any atom is -0.357 e. The van der Waals surface area contributed by atoms with E-state index in [1.807, 2.05) is 12.1 Å². The number of hydrogen-bond donors (Lipinski definition) is 2. The van der Waals surface area contributed by atoms with E-state index in [9.17, 15) is 4.79 Å². The molecule has 0 bridgehead atoms. The first-order chi connectivity index (χ1) is 7.27. The molecule has 1 aromatic rings. The Morgan fingerprint density at radius 2 is 2.47 bits per heavy atom. The topological polar surface area (TPSA) is 54.0 Å². The molecule has 0 aromatic carbocycles. The van der Waals surface area contributed by atoms with Gasteiger partial charge in [0.15, 0.2) is 0 Å². The highest BCUT2D eigenvalue weighted by Gasteiger charge is 2.22. The lowest BCUT2D eigenvalue weighted by atomic mass is 10.1. The van der Waals surface area contributed by atoms with Crippen LogP contribution in [0.1, 0.15) is 12.8 Å². The van der Waals surface area contributed by atoms with Crippen LogP contribution in [0, 0.1) is 0 Å². The molecular weight excluding hydrogens is 258 g/mol. The van der Waals surface area contributed by atoms with Crippen molar-refractivity contribution in [3.63, 3.8) is 0 Å². The normalized spacial score (nSPS) is 20.9. The molecule has 2 heterocycles. The molecule has 1 aliphatic heterocycles. The van der Waals surface area contributed by atoms with E-state index in [1.165, 1.54) is 0 Å². The Hall–Kier alpha value is -1.10. The summed E-state index contributed by atoms with van der Waals surface area (Å²) in [5, 5.41) is 5.96. The maximum atomic E-state index is 11.5. The summed E-state index contributed by atoms with van der Waals surface area (Å²) < 4.78 is 0.878. The predicted octanol–water partition coefficient (Wildman–Crippen LogP) is 1.53. The molecule has 1 saturated heterocycles. The summed E-state index contributed by atoms with van der Waals surface area (Å²) in [6.07, 6.45) is 3.57. The summed E-state index contributed by atoms with van der Waals surface area (Å²) >= 11 is 3.39. The number of amides is 1. The number of piperidine rings is 1. The largest absolute Gasteiger partial charge is 0.357 e. The number of aromatic nitrogens is 1. The number of anilines is 1. The first-order valence-electron chi connectivity index (χ1n) is 4.92. The van der Waals surface area contributed by atoms with Crippen LogP contribution >= 0.6 is 15.9 Å². The van der Waals surface area contributed by atoms with Crippen molar-refractivity contribution < 1.29 is 4.79 Å². The second-order valence-corrected chi connectivity index (χ2v) is 4.32. The number of pyridine rings is 1. The van der Waals surface area contributed by atoms with E-state index in [0.717, 1.165) is 29.7 Å². The lowest BCUT2D eigenvalue weighted by Crippen LogP contribution is -2.44. The molecule has 4 nitrogen and oxygen atoms in total. The zero-order valence-corrected chi connectivity index (χ0v) is 9.75. The van der Waals surface area contributed by atoms with Gasteiger partial charge in [-0.15, -0.1) is 0 Å². The van der Waals surface area contributed by atoms with Crippen molar-refractivity contribution in [2.75, 3.05) is 11.9 Å². The van der Waals surface area contributed by atoms with Crippen LogP contribution in [-0.4, -0.2) is 23.5 Å². The van der Waals surface area contributed by atoms with Crippen LogP contribution < -0.4 is 10.6 Å². The van der Waals surface area contributed by atoms with E-state index in [1.54, 1.807) is 6.20 Å². The number of nitrogens with zero attached hydrogens (tertiary/aromatic N) is 1. The van der Waals surface area contributed by atoms with Crippen LogP contribution in [0.15, 0.2) is 22.8 Å². The monoisotopic (exact) mass is 269 g/mol. The van der Waals surface area contributed by atoms with Crippen molar-refractivity contribution in [2.24, 2.45) is 0 Å². The molecular formula is C10H12BrN3O. The molecule has 1 fully saturated rings. The van der Waals surface area contributed by atoms with Gasteiger partial charge in [-0.25, -0.2) is 4.98 Å². The Kier molecular flexibility index (Phi) is 3.20. The Balaban J connectivity index is 2.08. The van der Waals surface area contributed by atoms with Crippen LogP contribution in [0.5, 0.6) is 0 Å².